The number of carbonyl (C=O) groups is 1. The molecule has 3 nitrogen and oxygen atoms in total. The molecule has 0 aromatic heterocycles. The van der Waals surface area contributed by atoms with E-state index in [1.165, 1.54) is 19.3 Å². The topological polar surface area (TPSA) is 55.1 Å². The fraction of sp³-hybridized carbons (Fsp3) is 0.938. The molecule has 3 heteroatoms. The molecule has 3 N–H and O–H groups in total. The summed E-state index contributed by atoms with van der Waals surface area (Å²) < 4.78 is 0. The first kappa shape index (κ1) is 16.5. The molecule has 0 saturated heterocycles. The van der Waals surface area contributed by atoms with Gasteiger partial charge in [0.1, 0.15) is 0 Å². The van der Waals surface area contributed by atoms with E-state index in [9.17, 15) is 4.79 Å². The van der Waals surface area contributed by atoms with Crippen LogP contribution in [-0.2, 0) is 4.79 Å². The molecule has 1 fully saturated rings. The second kappa shape index (κ2) is 7.88. The third kappa shape index (κ3) is 4.79. The summed E-state index contributed by atoms with van der Waals surface area (Å²) in [5, 5.41) is 3.22. The van der Waals surface area contributed by atoms with Crippen molar-refractivity contribution >= 4 is 5.91 Å². The molecular formula is C16H32N2O. The Hall–Kier alpha value is -0.570. The number of nitrogens with one attached hydrogen (secondary N) is 1. The first-order valence-corrected chi connectivity index (χ1v) is 8.05. The van der Waals surface area contributed by atoms with Gasteiger partial charge in [0.25, 0.3) is 0 Å². The van der Waals surface area contributed by atoms with Crippen LogP contribution >= 0.6 is 0 Å². The second-order valence-corrected chi connectivity index (χ2v) is 6.52. The van der Waals surface area contributed by atoms with Crippen molar-refractivity contribution in [2.75, 3.05) is 6.54 Å². The Bertz CT molecular complexity index is 270. The quantitative estimate of drug-likeness (QED) is 0.727. The third-order valence-corrected chi connectivity index (χ3v) is 4.76. The molecule has 0 aromatic carbocycles. The van der Waals surface area contributed by atoms with E-state index in [4.69, 9.17) is 5.73 Å². The number of amides is 1. The molecule has 0 radical (unpaired) electrons. The maximum Gasteiger partial charge on any atom is 0.227 e. The fourth-order valence-electron chi connectivity index (χ4n) is 3.14. The first-order chi connectivity index (χ1) is 9.04. The molecule has 0 spiro atoms. The van der Waals surface area contributed by atoms with Crippen molar-refractivity contribution < 1.29 is 4.79 Å². The third-order valence-electron chi connectivity index (χ3n) is 4.76. The van der Waals surface area contributed by atoms with Crippen molar-refractivity contribution in [1.82, 2.24) is 5.32 Å². The summed E-state index contributed by atoms with van der Waals surface area (Å²) >= 11 is 0. The van der Waals surface area contributed by atoms with Gasteiger partial charge in [0.15, 0.2) is 0 Å². The molecule has 0 aliphatic heterocycles. The van der Waals surface area contributed by atoms with Gasteiger partial charge in [0.05, 0.1) is 5.41 Å². The smallest absolute Gasteiger partial charge is 0.227 e. The normalized spacial score (nSPS) is 22.3. The Morgan fingerprint density at radius 1 is 1.21 bits per heavy atom. The van der Waals surface area contributed by atoms with Crippen LogP contribution in [0.3, 0.4) is 0 Å². The number of nitrogens with two attached hydrogens (primary N) is 1. The van der Waals surface area contributed by atoms with Crippen molar-refractivity contribution in [1.29, 1.82) is 0 Å². The molecule has 1 aliphatic carbocycles. The van der Waals surface area contributed by atoms with Crippen LogP contribution in [0.4, 0.5) is 0 Å². The number of hydrogen-bond donors (Lipinski definition) is 2. The SMILES string of the molecule is CCC(C)CC(C)NC(=O)C1(CN)CCCCCC1. The Labute approximate surface area is 118 Å². The van der Waals surface area contributed by atoms with Crippen LogP contribution in [0.15, 0.2) is 0 Å². The summed E-state index contributed by atoms with van der Waals surface area (Å²) in [4.78, 5) is 12.6. The monoisotopic (exact) mass is 268 g/mol. The number of hydrogen-bond acceptors (Lipinski definition) is 2. The van der Waals surface area contributed by atoms with Gasteiger partial charge in [-0.15, -0.1) is 0 Å². The molecule has 0 aromatic rings. The lowest BCUT2D eigenvalue weighted by molar-refractivity contribution is -0.132. The number of rotatable bonds is 6. The van der Waals surface area contributed by atoms with E-state index in [1.807, 2.05) is 0 Å². The highest BCUT2D eigenvalue weighted by Gasteiger charge is 2.37. The lowest BCUT2D eigenvalue weighted by Crippen LogP contribution is -2.48. The molecule has 2 atom stereocenters. The standard InChI is InChI=1S/C16H32N2O/c1-4-13(2)11-14(3)18-15(19)16(12-17)9-7-5-6-8-10-16/h13-14H,4-12,17H2,1-3H3,(H,18,19). The van der Waals surface area contributed by atoms with E-state index in [0.717, 1.165) is 32.1 Å². The Morgan fingerprint density at radius 2 is 1.79 bits per heavy atom. The van der Waals surface area contributed by atoms with Gasteiger partial charge < -0.3 is 11.1 Å². The van der Waals surface area contributed by atoms with Gasteiger partial charge in [-0.25, -0.2) is 0 Å². The second-order valence-electron chi connectivity index (χ2n) is 6.52. The van der Waals surface area contributed by atoms with E-state index >= 15 is 0 Å². The summed E-state index contributed by atoms with van der Waals surface area (Å²) in [6, 6.07) is 0.258. The average molecular weight is 268 g/mol. The van der Waals surface area contributed by atoms with E-state index < -0.39 is 0 Å². The summed E-state index contributed by atoms with van der Waals surface area (Å²) in [5.41, 5.74) is 5.66. The minimum atomic E-state index is -0.291. The largest absolute Gasteiger partial charge is 0.353 e. The molecule has 0 heterocycles. The maximum absolute atomic E-state index is 12.6. The zero-order chi connectivity index (χ0) is 14.3. The van der Waals surface area contributed by atoms with Gasteiger partial charge in [0, 0.05) is 12.6 Å². The van der Waals surface area contributed by atoms with Crippen molar-refractivity contribution in [2.45, 2.75) is 78.2 Å². The van der Waals surface area contributed by atoms with Gasteiger partial charge >= 0.3 is 0 Å². The minimum Gasteiger partial charge on any atom is -0.353 e. The highest BCUT2D eigenvalue weighted by atomic mass is 16.2. The lowest BCUT2D eigenvalue weighted by atomic mass is 9.79. The Balaban J connectivity index is 2.57. The first-order valence-electron chi connectivity index (χ1n) is 8.05. The average Bonchev–Trinajstić information content (AvgIpc) is 2.64. The van der Waals surface area contributed by atoms with Crippen molar-refractivity contribution in [2.24, 2.45) is 17.1 Å². The van der Waals surface area contributed by atoms with Crippen molar-refractivity contribution in [3.63, 3.8) is 0 Å². The molecule has 0 bridgehead atoms. The predicted molar refractivity (Wildman–Crippen MR) is 80.9 cm³/mol. The molecule has 1 amide bonds. The molecule has 1 saturated carbocycles. The van der Waals surface area contributed by atoms with Crippen molar-refractivity contribution in [3.8, 4) is 0 Å². The molecule has 2 unspecified atom stereocenters. The van der Waals surface area contributed by atoms with E-state index in [2.05, 4.69) is 26.1 Å². The Kier molecular flexibility index (Phi) is 6.84. The predicted octanol–water partition coefficient (Wildman–Crippen LogP) is 3.23. The molecule has 1 aliphatic rings. The maximum atomic E-state index is 12.6. The molecule has 1 rings (SSSR count). The van der Waals surface area contributed by atoms with Gasteiger partial charge in [-0.1, -0.05) is 46.0 Å². The molecule has 112 valence electrons. The van der Waals surface area contributed by atoms with Crippen LogP contribution in [0.5, 0.6) is 0 Å². The van der Waals surface area contributed by atoms with Crippen LogP contribution in [-0.4, -0.2) is 18.5 Å². The van der Waals surface area contributed by atoms with Crippen molar-refractivity contribution in [3.05, 3.63) is 0 Å². The highest BCUT2D eigenvalue weighted by Crippen LogP contribution is 2.34. The van der Waals surface area contributed by atoms with Gasteiger partial charge in [-0.2, -0.15) is 0 Å². The Morgan fingerprint density at radius 3 is 2.26 bits per heavy atom. The highest BCUT2D eigenvalue weighted by molar-refractivity contribution is 5.83. The van der Waals surface area contributed by atoms with Gasteiger partial charge in [-0.3, -0.25) is 4.79 Å². The van der Waals surface area contributed by atoms with E-state index in [1.54, 1.807) is 0 Å². The summed E-state index contributed by atoms with van der Waals surface area (Å²) in [6.45, 7) is 7.05. The van der Waals surface area contributed by atoms with E-state index in [-0.39, 0.29) is 17.4 Å². The fourth-order valence-corrected chi connectivity index (χ4v) is 3.14. The van der Waals surface area contributed by atoms with Gasteiger partial charge in [0.2, 0.25) is 5.91 Å². The lowest BCUT2D eigenvalue weighted by Gasteiger charge is -2.32. The zero-order valence-corrected chi connectivity index (χ0v) is 13.0. The molecular weight excluding hydrogens is 236 g/mol. The van der Waals surface area contributed by atoms with Crippen LogP contribution in [0.25, 0.3) is 0 Å². The molecule has 19 heavy (non-hydrogen) atoms. The minimum absolute atomic E-state index is 0.202. The van der Waals surface area contributed by atoms with Crippen LogP contribution in [0, 0.1) is 11.3 Å². The number of carbonyl (C=O) groups excluding carboxylic acids is 1. The zero-order valence-electron chi connectivity index (χ0n) is 13.0. The van der Waals surface area contributed by atoms with Crippen LogP contribution in [0.1, 0.15) is 72.1 Å². The summed E-state index contributed by atoms with van der Waals surface area (Å²) in [5.74, 6) is 0.867. The summed E-state index contributed by atoms with van der Waals surface area (Å²) in [7, 11) is 0. The van der Waals surface area contributed by atoms with Crippen LogP contribution < -0.4 is 11.1 Å². The van der Waals surface area contributed by atoms with E-state index in [0.29, 0.717) is 12.5 Å². The van der Waals surface area contributed by atoms with Gasteiger partial charge in [-0.05, 0) is 32.1 Å². The summed E-state index contributed by atoms with van der Waals surface area (Å²) in [6.07, 6.45) is 8.94. The van der Waals surface area contributed by atoms with Crippen LogP contribution in [0.2, 0.25) is 0 Å².